The third-order valence-corrected chi connectivity index (χ3v) is 6.97. The molecule has 5 heteroatoms. The fourth-order valence-corrected chi connectivity index (χ4v) is 5.35. The highest BCUT2D eigenvalue weighted by molar-refractivity contribution is 5.80. The summed E-state index contributed by atoms with van der Waals surface area (Å²) in [4.78, 5) is 15.7. The molecule has 0 bridgehead atoms. The topological polar surface area (TPSA) is 58.4 Å². The van der Waals surface area contributed by atoms with Crippen molar-refractivity contribution >= 4 is 5.91 Å². The minimum Gasteiger partial charge on any atom is -0.361 e. The molecule has 2 fully saturated rings. The average molecular weight is 396 g/mol. The molecule has 4 rings (SSSR count). The van der Waals surface area contributed by atoms with Crippen molar-refractivity contribution in [1.82, 2.24) is 15.4 Å². The Kier molecular flexibility index (Phi) is 5.77. The normalized spacial score (nSPS) is 27.3. The average Bonchev–Trinajstić information content (AvgIpc) is 3.17. The number of hydrogen-bond acceptors (Lipinski definition) is 4. The molecule has 5 nitrogen and oxygen atoms in total. The molecule has 2 saturated heterocycles. The van der Waals surface area contributed by atoms with Crippen LogP contribution in [0.15, 0.2) is 34.9 Å². The van der Waals surface area contributed by atoms with Gasteiger partial charge in [0.2, 0.25) is 5.91 Å². The zero-order valence-electron chi connectivity index (χ0n) is 17.9. The van der Waals surface area contributed by atoms with Gasteiger partial charge in [0.25, 0.3) is 0 Å². The molecular weight excluding hydrogens is 362 g/mol. The minimum absolute atomic E-state index is 0.143. The van der Waals surface area contributed by atoms with Crippen molar-refractivity contribution in [2.45, 2.75) is 83.3 Å². The van der Waals surface area contributed by atoms with E-state index in [0.29, 0.717) is 18.5 Å². The fraction of sp³-hybridized carbons (Fsp3) is 0.583. The lowest BCUT2D eigenvalue weighted by Crippen LogP contribution is -2.57. The molecule has 0 radical (unpaired) electrons. The Morgan fingerprint density at radius 3 is 2.76 bits per heavy atom. The Morgan fingerprint density at radius 2 is 2.03 bits per heavy atom. The van der Waals surface area contributed by atoms with Crippen molar-refractivity contribution in [2.24, 2.45) is 0 Å². The summed E-state index contributed by atoms with van der Waals surface area (Å²) in [6, 6.07) is 11.4. The second kappa shape index (κ2) is 8.31. The van der Waals surface area contributed by atoms with Gasteiger partial charge in [0.15, 0.2) is 0 Å². The second-order valence-electron chi connectivity index (χ2n) is 9.04. The van der Waals surface area contributed by atoms with E-state index in [-0.39, 0.29) is 11.4 Å². The van der Waals surface area contributed by atoms with Crippen molar-refractivity contribution in [3.63, 3.8) is 0 Å². The van der Waals surface area contributed by atoms with Gasteiger partial charge < -0.3 is 14.7 Å². The van der Waals surface area contributed by atoms with E-state index in [1.54, 1.807) is 0 Å². The molecule has 156 valence electrons. The molecule has 1 aromatic carbocycles. The van der Waals surface area contributed by atoms with E-state index in [0.717, 1.165) is 49.2 Å². The van der Waals surface area contributed by atoms with Gasteiger partial charge in [0.1, 0.15) is 5.76 Å². The lowest BCUT2D eigenvalue weighted by Gasteiger charge is -2.44. The molecule has 0 spiro atoms. The van der Waals surface area contributed by atoms with Gasteiger partial charge in [-0.2, -0.15) is 0 Å². The van der Waals surface area contributed by atoms with Crippen molar-refractivity contribution in [3.05, 3.63) is 52.9 Å². The highest BCUT2D eigenvalue weighted by atomic mass is 16.5. The first-order valence-electron chi connectivity index (χ1n) is 11.0. The highest BCUT2D eigenvalue weighted by Crippen LogP contribution is 2.37. The number of carbonyl (C=O) groups excluding carboxylic acids is 1. The van der Waals surface area contributed by atoms with Crippen LogP contribution in [0.5, 0.6) is 0 Å². The van der Waals surface area contributed by atoms with Gasteiger partial charge in [0.05, 0.1) is 17.7 Å². The molecule has 1 aromatic heterocycles. The first kappa shape index (κ1) is 20.1. The maximum Gasteiger partial charge on any atom is 0.227 e. The van der Waals surface area contributed by atoms with Gasteiger partial charge in [-0.25, -0.2) is 0 Å². The quantitative estimate of drug-likeness (QED) is 0.851. The van der Waals surface area contributed by atoms with E-state index in [1.807, 2.05) is 13.8 Å². The summed E-state index contributed by atoms with van der Waals surface area (Å²) in [5.41, 5.74) is 2.99. The maximum absolute atomic E-state index is 13.5. The summed E-state index contributed by atoms with van der Waals surface area (Å²) in [5, 5.41) is 7.92. The zero-order chi connectivity index (χ0) is 20.4. The molecule has 0 saturated carbocycles. The number of aromatic nitrogens is 1. The van der Waals surface area contributed by atoms with Gasteiger partial charge >= 0.3 is 0 Å². The van der Waals surface area contributed by atoms with Gasteiger partial charge in [-0.1, -0.05) is 48.3 Å². The van der Waals surface area contributed by atoms with Gasteiger partial charge in [-0.15, -0.1) is 0 Å². The number of likely N-dealkylation sites (tertiary alicyclic amines) is 1. The predicted octanol–water partition coefficient (Wildman–Crippen LogP) is 3.97. The van der Waals surface area contributed by atoms with Crippen molar-refractivity contribution in [1.29, 1.82) is 0 Å². The van der Waals surface area contributed by atoms with Crippen molar-refractivity contribution in [2.75, 3.05) is 6.54 Å². The summed E-state index contributed by atoms with van der Waals surface area (Å²) in [6.45, 7) is 6.96. The molecule has 0 aliphatic carbocycles. The number of nitrogens with zero attached hydrogens (tertiary/aromatic N) is 2. The van der Waals surface area contributed by atoms with E-state index in [9.17, 15) is 4.79 Å². The number of nitrogens with one attached hydrogen (secondary N) is 1. The monoisotopic (exact) mass is 395 g/mol. The van der Waals surface area contributed by atoms with Crippen LogP contribution in [0.2, 0.25) is 0 Å². The second-order valence-corrected chi connectivity index (χ2v) is 9.04. The van der Waals surface area contributed by atoms with Crippen LogP contribution < -0.4 is 5.32 Å². The van der Waals surface area contributed by atoms with Gasteiger partial charge in [0, 0.05) is 24.2 Å². The number of amides is 1. The van der Waals surface area contributed by atoms with E-state index in [4.69, 9.17) is 4.52 Å². The minimum atomic E-state index is -0.143. The molecule has 0 unspecified atom stereocenters. The van der Waals surface area contributed by atoms with Crippen LogP contribution in [-0.4, -0.2) is 40.1 Å². The Labute approximate surface area is 173 Å². The Morgan fingerprint density at radius 1 is 1.24 bits per heavy atom. The number of hydrogen-bond donors (Lipinski definition) is 1. The largest absolute Gasteiger partial charge is 0.361 e. The van der Waals surface area contributed by atoms with Crippen LogP contribution in [0.4, 0.5) is 0 Å². The molecule has 3 heterocycles. The SMILES string of the molecule is Cc1noc(C)c1CC(=O)N1CCCCC[C@@H]2N[C@H](Cc3ccccc3)C[C@@]21C. The Balaban J connectivity index is 1.55. The molecule has 2 aromatic rings. The zero-order valence-corrected chi connectivity index (χ0v) is 17.9. The van der Waals surface area contributed by atoms with Gasteiger partial charge in [-0.05, 0) is 52.0 Å². The number of fused-ring (bicyclic) bond motifs is 1. The molecule has 3 atom stereocenters. The molecular formula is C24H33N3O2. The number of aryl methyl sites for hydroxylation is 2. The number of rotatable bonds is 4. The van der Waals surface area contributed by atoms with Crippen LogP contribution in [0.3, 0.4) is 0 Å². The van der Waals surface area contributed by atoms with E-state index in [2.05, 4.69) is 52.6 Å². The third kappa shape index (κ3) is 4.11. The summed E-state index contributed by atoms with van der Waals surface area (Å²) < 4.78 is 5.29. The summed E-state index contributed by atoms with van der Waals surface area (Å²) in [6.07, 6.45) is 7.03. The lowest BCUT2D eigenvalue weighted by molar-refractivity contribution is -0.137. The van der Waals surface area contributed by atoms with Crippen molar-refractivity contribution in [3.8, 4) is 0 Å². The Hall–Kier alpha value is -2.14. The lowest BCUT2D eigenvalue weighted by atomic mass is 9.83. The van der Waals surface area contributed by atoms with Crippen LogP contribution >= 0.6 is 0 Å². The highest BCUT2D eigenvalue weighted by Gasteiger charge is 2.49. The van der Waals surface area contributed by atoms with Crippen LogP contribution in [-0.2, 0) is 17.6 Å². The molecule has 1 N–H and O–H groups in total. The summed E-state index contributed by atoms with van der Waals surface area (Å²) >= 11 is 0. The van der Waals surface area contributed by atoms with E-state index in [1.165, 1.54) is 18.4 Å². The van der Waals surface area contributed by atoms with Crippen LogP contribution in [0.1, 0.15) is 61.6 Å². The van der Waals surface area contributed by atoms with Crippen molar-refractivity contribution < 1.29 is 9.32 Å². The third-order valence-electron chi connectivity index (χ3n) is 6.97. The fourth-order valence-electron chi connectivity index (χ4n) is 5.35. The predicted molar refractivity (Wildman–Crippen MR) is 114 cm³/mol. The standard InChI is InChI=1S/C24H33N3O2/c1-17-21(18(2)29-26-17)15-23(28)27-13-9-5-8-12-22-24(27,3)16-20(25-22)14-19-10-6-4-7-11-19/h4,6-7,10-11,20,22,25H,5,8-9,12-16H2,1-3H3/t20-,22+,24+/m1/s1. The summed E-state index contributed by atoms with van der Waals surface area (Å²) in [7, 11) is 0. The molecule has 29 heavy (non-hydrogen) atoms. The first-order valence-corrected chi connectivity index (χ1v) is 11.0. The van der Waals surface area contributed by atoms with Gasteiger partial charge in [-0.3, -0.25) is 4.79 Å². The molecule has 2 aliphatic heterocycles. The molecule has 1 amide bonds. The first-order chi connectivity index (χ1) is 14.0. The molecule has 2 aliphatic rings. The smallest absolute Gasteiger partial charge is 0.227 e. The number of carbonyl (C=O) groups is 1. The summed E-state index contributed by atoms with van der Waals surface area (Å²) in [5.74, 6) is 0.965. The van der Waals surface area contributed by atoms with Crippen LogP contribution in [0, 0.1) is 13.8 Å². The van der Waals surface area contributed by atoms with E-state index < -0.39 is 0 Å². The van der Waals surface area contributed by atoms with E-state index >= 15 is 0 Å². The number of benzene rings is 1. The van der Waals surface area contributed by atoms with Crippen LogP contribution in [0.25, 0.3) is 0 Å². The maximum atomic E-state index is 13.5. The Bertz CT molecular complexity index is 828.